The fourth-order valence-electron chi connectivity index (χ4n) is 3.04. The van der Waals surface area contributed by atoms with E-state index in [1.807, 2.05) is 12.1 Å². The molecule has 1 amide bonds. The number of amides is 1. The van der Waals surface area contributed by atoms with Crippen molar-refractivity contribution in [2.45, 2.75) is 26.2 Å². The number of carbonyl (C=O) groups excluding carboxylic acids is 2. The monoisotopic (exact) mass is 408 g/mol. The van der Waals surface area contributed by atoms with Crippen LogP contribution in [0.5, 0.6) is 5.75 Å². The molecule has 3 aromatic rings. The van der Waals surface area contributed by atoms with E-state index in [4.69, 9.17) is 9.47 Å². The predicted molar refractivity (Wildman–Crippen MR) is 115 cm³/mol. The summed E-state index contributed by atoms with van der Waals surface area (Å²) >= 11 is 0. The average Bonchev–Trinajstić information content (AvgIpc) is 2.70. The van der Waals surface area contributed by atoms with Crippen LogP contribution in [0.15, 0.2) is 53.3 Å². The van der Waals surface area contributed by atoms with Gasteiger partial charge in [0.2, 0.25) is 5.56 Å². The van der Waals surface area contributed by atoms with Crippen LogP contribution in [0.3, 0.4) is 0 Å². The van der Waals surface area contributed by atoms with Crippen molar-refractivity contribution in [3.05, 3.63) is 70.0 Å². The molecule has 3 rings (SSSR count). The minimum atomic E-state index is -0.747. The molecule has 1 aromatic heterocycles. The van der Waals surface area contributed by atoms with Crippen molar-refractivity contribution >= 4 is 28.5 Å². The summed E-state index contributed by atoms with van der Waals surface area (Å²) in [7, 11) is 1.51. The van der Waals surface area contributed by atoms with E-state index < -0.39 is 24.0 Å². The number of rotatable bonds is 5. The number of para-hydroxylation sites is 1. The first-order valence-electron chi connectivity index (χ1n) is 9.46. The summed E-state index contributed by atoms with van der Waals surface area (Å²) in [6.45, 7) is 5.69. The van der Waals surface area contributed by atoms with E-state index in [9.17, 15) is 14.4 Å². The summed E-state index contributed by atoms with van der Waals surface area (Å²) in [5.41, 5.74) is 1.60. The number of aromatic nitrogens is 1. The fraction of sp³-hybridized carbons (Fsp3) is 0.261. The highest BCUT2D eigenvalue weighted by molar-refractivity contribution is 6.04. The van der Waals surface area contributed by atoms with Gasteiger partial charge in [-0.3, -0.25) is 9.59 Å². The maximum Gasteiger partial charge on any atom is 0.339 e. The largest absolute Gasteiger partial charge is 0.495 e. The predicted octanol–water partition coefficient (Wildman–Crippen LogP) is 3.63. The van der Waals surface area contributed by atoms with Crippen molar-refractivity contribution < 1.29 is 19.1 Å². The van der Waals surface area contributed by atoms with E-state index in [1.54, 1.807) is 30.3 Å². The molecule has 1 heterocycles. The van der Waals surface area contributed by atoms with Crippen molar-refractivity contribution in [2.75, 3.05) is 19.0 Å². The molecule has 156 valence electrons. The van der Waals surface area contributed by atoms with Gasteiger partial charge in [-0.15, -0.1) is 0 Å². The minimum absolute atomic E-state index is 0.106. The summed E-state index contributed by atoms with van der Waals surface area (Å²) in [5.74, 6) is -0.757. The van der Waals surface area contributed by atoms with Crippen LogP contribution >= 0.6 is 0 Å². The van der Waals surface area contributed by atoms with E-state index in [2.05, 4.69) is 31.1 Å². The van der Waals surface area contributed by atoms with Gasteiger partial charge in [-0.1, -0.05) is 45.0 Å². The first-order valence-corrected chi connectivity index (χ1v) is 9.46. The molecule has 7 heteroatoms. The normalized spacial score (nSPS) is 11.2. The second-order valence-electron chi connectivity index (χ2n) is 7.88. The molecule has 0 saturated carbocycles. The molecule has 0 bridgehead atoms. The number of fused-ring (bicyclic) bond motifs is 1. The molecule has 0 aliphatic rings. The number of ether oxygens (including phenoxy) is 2. The standard InChI is InChI=1S/C23H24N2O5/c1-23(2,3)14-9-10-19(29-4)18(11-14)25-21(27)13-30-22(28)16-12-20(26)24-17-8-6-5-7-15(16)17/h5-12H,13H2,1-4H3,(H,24,26)(H,25,27). The lowest BCUT2D eigenvalue weighted by Gasteiger charge is -2.21. The van der Waals surface area contributed by atoms with Gasteiger partial charge in [0.15, 0.2) is 6.61 Å². The molecule has 2 N–H and O–H groups in total. The first kappa shape index (κ1) is 21.1. The number of aromatic amines is 1. The Balaban J connectivity index is 1.74. The van der Waals surface area contributed by atoms with Crippen LogP contribution in [-0.2, 0) is 14.9 Å². The fourth-order valence-corrected chi connectivity index (χ4v) is 3.04. The number of H-pyrrole nitrogens is 1. The zero-order chi connectivity index (χ0) is 21.9. The van der Waals surface area contributed by atoms with E-state index >= 15 is 0 Å². The molecular weight excluding hydrogens is 384 g/mol. The molecule has 0 unspecified atom stereocenters. The van der Waals surface area contributed by atoms with Crippen LogP contribution in [-0.4, -0.2) is 30.6 Å². The van der Waals surface area contributed by atoms with Crippen LogP contribution in [0.1, 0.15) is 36.7 Å². The lowest BCUT2D eigenvalue weighted by Crippen LogP contribution is -2.22. The van der Waals surface area contributed by atoms with Crippen LogP contribution < -0.4 is 15.6 Å². The van der Waals surface area contributed by atoms with Crippen LogP contribution in [0.4, 0.5) is 5.69 Å². The highest BCUT2D eigenvalue weighted by Crippen LogP contribution is 2.31. The summed E-state index contributed by atoms with van der Waals surface area (Å²) < 4.78 is 10.5. The Bertz CT molecular complexity index is 1160. The lowest BCUT2D eigenvalue weighted by atomic mass is 9.87. The van der Waals surface area contributed by atoms with Gasteiger partial charge in [-0.05, 0) is 29.2 Å². The molecule has 0 spiro atoms. The van der Waals surface area contributed by atoms with Crippen molar-refractivity contribution in [3.8, 4) is 5.75 Å². The number of benzene rings is 2. The summed E-state index contributed by atoms with van der Waals surface area (Å²) in [6.07, 6.45) is 0. The average molecular weight is 408 g/mol. The Morgan fingerprint density at radius 1 is 1.07 bits per heavy atom. The third-order valence-corrected chi connectivity index (χ3v) is 4.64. The molecule has 0 aliphatic carbocycles. The Labute approximate surface area is 174 Å². The summed E-state index contributed by atoms with van der Waals surface area (Å²) in [4.78, 5) is 39.4. The summed E-state index contributed by atoms with van der Waals surface area (Å²) in [5, 5.41) is 3.26. The number of carbonyl (C=O) groups is 2. The van der Waals surface area contributed by atoms with Gasteiger partial charge >= 0.3 is 5.97 Å². The molecule has 0 aliphatic heterocycles. The maximum atomic E-state index is 12.5. The van der Waals surface area contributed by atoms with Crippen molar-refractivity contribution in [1.29, 1.82) is 0 Å². The van der Waals surface area contributed by atoms with E-state index in [0.717, 1.165) is 5.56 Å². The highest BCUT2D eigenvalue weighted by atomic mass is 16.5. The number of esters is 1. The third kappa shape index (κ3) is 4.68. The quantitative estimate of drug-likeness (QED) is 0.629. The number of anilines is 1. The zero-order valence-corrected chi connectivity index (χ0v) is 17.4. The number of nitrogens with one attached hydrogen (secondary N) is 2. The summed E-state index contributed by atoms with van der Waals surface area (Å²) in [6, 6.07) is 13.6. The van der Waals surface area contributed by atoms with E-state index in [-0.39, 0.29) is 11.0 Å². The van der Waals surface area contributed by atoms with Crippen LogP contribution in [0, 0.1) is 0 Å². The van der Waals surface area contributed by atoms with Gasteiger partial charge in [-0.25, -0.2) is 4.79 Å². The molecule has 2 aromatic carbocycles. The van der Waals surface area contributed by atoms with Gasteiger partial charge in [0.25, 0.3) is 5.91 Å². The second-order valence-corrected chi connectivity index (χ2v) is 7.88. The van der Waals surface area contributed by atoms with Gasteiger partial charge in [0.1, 0.15) is 5.75 Å². The molecule has 30 heavy (non-hydrogen) atoms. The highest BCUT2D eigenvalue weighted by Gasteiger charge is 2.18. The minimum Gasteiger partial charge on any atom is -0.495 e. The van der Waals surface area contributed by atoms with E-state index in [0.29, 0.717) is 22.3 Å². The number of pyridine rings is 1. The topological polar surface area (TPSA) is 97.5 Å². The Kier molecular flexibility index (Phi) is 5.91. The molecule has 0 radical (unpaired) electrons. The Hall–Kier alpha value is -3.61. The van der Waals surface area contributed by atoms with Gasteiger partial charge in [-0.2, -0.15) is 0 Å². The number of hydrogen-bond acceptors (Lipinski definition) is 5. The number of methoxy groups -OCH3 is 1. The van der Waals surface area contributed by atoms with Crippen molar-refractivity contribution in [2.24, 2.45) is 0 Å². The first-order chi connectivity index (χ1) is 14.2. The molecule has 0 saturated heterocycles. The molecule has 7 nitrogen and oxygen atoms in total. The Morgan fingerprint density at radius 2 is 1.80 bits per heavy atom. The van der Waals surface area contributed by atoms with Crippen LogP contribution in [0.2, 0.25) is 0 Å². The third-order valence-electron chi connectivity index (χ3n) is 4.64. The SMILES string of the molecule is COc1ccc(C(C)(C)C)cc1NC(=O)COC(=O)c1cc(=O)[nH]c2ccccc12. The second kappa shape index (κ2) is 8.41. The van der Waals surface area contributed by atoms with Gasteiger partial charge in [0.05, 0.1) is 18.4 Å². The van der Waals surface area contributed by atoms with E-state index in [1.165, 1.54) is 13.2 Å². The molecular formula is C23H24N2O5. The maximum absolute atomic E-state index is 12.5. The van der Waals surface area contributed by atoms with Gasteiger partial charge in [0, 0.05) is 17.0 Å². The smallest absolute Gasteiger partial charge is 0.339 e. The number of hydrogen-bond donors (Lipinski definition) is 2. The molecule has 0 atom stereocenters. The molecule has 0 fully saturated rings. The van der Waals surface area contributed by atoms with Gasteiger partial charge < -0.3 is 19.8 Å². The zero-order valence-electron chi connectivity index (χ0n) is 17.4. The van der Waals surface area contributed by atoms with Crippen molar-refractivity contribution in [3.63, 3.8) is 0 Å². The van der Waals surface area contributed by atoms with Crippen LogP contribution in [0.25, 0.3) is 10.9 Å². The Morgan fingerprint density at radius 3 is 2.50 bits per heavy atom. The lowest BCUT2D eigenvalue weighted by molar-refractivity contribution is -0.119. The van der Waals surface area contributed by atoms with Crippen molar-refractivity contribution in [1.82, 2.24) is 4.98 Å².